The number of rotatable bonds is 21. The maximum Gasteiger partial charge on any atom is 0.261 e. The van der Waals surface area contributed by atoms with Crippen LogP contribution in [-0.2, 0) is 9.16 Å². The third kappa shape index (κ3) is 12.0. The Morgan fingerprint density at radius 1 is 0.692 bits per heavy atom. The van der Waals surface area contributed by atoms with Gasteiger partial charge in [0.05, 0.1) is 12.9 Å². The highest BCUT2D eigenvalue weighted by Gasteiger charge is 2.50. The third-order valence-corrected chi connectivity index (χ3v) is 12.6. The van der Waals surface area contributed by atoms with Gasteiger partial charge in [0, 0.05) is 0 Å². The van der Waals surface area contributed by atoms with Gasteiger partial charge in [-0.15, -0.1) is 0 Å². The summed E-state index contributed by atoms with van der Waals surface area (Å²) in [5.41, 5.74) is 0. The number of allylic oxidation sites excluding steroid dienone is 1. The standard InChI is InChI=1S/C35H56O3Si/c1-5-6-7-8-9-10-11-12-13-14-15-16-17-24-29-37-30-32(36)31-38-39(35(2,3)4,33-25-20-18-21-26-33)34-27-22-19-23-28-34/h18-29,32,36H,5-17,30-31H2,1-4H3/b29-24-. The first-order valence-electron chi connectivity index (χ1n) is 15.6. The molecule has 2 aromatic carbocycles. The number of hydrogen-bond acceptors (Lipinski definition) is 3. The average molecular weight is 553 g/mol. The van der Waals surface area contributed by atoms with Crippen LogP contribution in [0.1, 0.15) is 111 Å². The molecule has 1 atom stereocenters. The molecule has 0 aliphatic heterocycles. The number of aliphatic hydroxyl groups is 1. The van der Waals surface area contributed by atoms with Crippen LogP contribution in [0.15, 0.2) is 73.0 Å². The van der Waals surface area contributed by atoms with Gasteiger partial charge in [-0.05, 0) is 34.3 Å². The Morgan fingerprint density at radius 2 is 1.15 bits per heavy atom. The topological polar surface area (TPSA) is 38.7 Å². The summed E-state index contributed by atoms with van der Waals surface area (Å²) >= 11 is 0. The van der Waals surface area contributed by atoms with Crippen LogP contribution >= 0.6 is 0 Å². The molecule has 0 aliphatic carbocycles. The van der Waals surface area contributed by atoms with E-state index in [0.29, 0.717) is 0 Å². The van der Waals surface area contributed by atoms with Crippen LogP contribution in [0.3, 0.4) is 0 Å². The number of unbranched alkanes of at least 4 members (excludes halogenated alkanes) is 12. The Morgan fingerprint density at radius 3 is 1.62 bits per heavy atom. The molecule has 4 heteroatoms. The summed E-state index contributed by atoms with van der Waals surface area (Å²) in [6, 6.07) is 21.1. The number of benzene rings is 2. The molecule has 2 rings (SSSR count). The van der Waals surface area contributed by atoms with Crippen molar-refractivity contribution in [3.05, 3.63) is 73.0 Å². The normalized spacial score (nSPS) is 13.2. The van der Waals surface area contributed by atoms with Crippen LogP contribution in [-0.4, -0.2) is 32.7 Å². The van der Waals surface area contributed by atoms with Crippen molar-refractivity contribution in [2.24, 2.45) is 0 Å². The van der Waals surface area contributed by atoms with E-state index in [1.54, 1.807) is 6.26 Å². The van der Waals surface area contributed by atoms with Crippen molar-refractivity contribution in [1.29, 1.82) is 0 Å². The van der Waals surface area contributed by atoms with Gasteiger partial charge in [-0.2, -0.15) is 0 Å². The predicted octanol–water partition coefficient (Wildman–Crippen LogP) is 8.55. The van der Waals surface area contributed by atoms with Gasteiger partial charge in [0.2, 0.25) is 0 Å². The van der Waals surface area contributed by atoms with Crippen molar-refractivity contribution in [1.82, 2.24) is 0 Å². The van der Waals surface area contributed by atoms with Crippen LogP contribution in [0.5, 0.6) is 0 Å². The van der Waals surface area contributed by atoms with Crippen molar-refractivity contribution in [2.45, 2.75) is 122 Å². The van der Waals surface area contributed by atoms with E-state index in [-0.39, 0.29) is 18.3 Å². The third-order valence-electron chi connectivity index (χ3n) is 7.61. The van der Waals surface area contributed by atoms with Crippen molar-refractivity contribution in [3.8, 4) is 0 Å². The molecule has 0 heterocycles. The first-order chi connectivity index (χ1) is 18.9. The second kappa shape index (κ2) is 19.2. The molecule has 3 nitrogen and oxygen atoms in total. The van der Waals surface area contributed by atoms with Crippen molar-refractivity contribution in [2.75, 3.05) is 13.2 Å². The lowest BCUT2D eigenvalue weighted by Gasteiger charge is -2.43. The molecular formula is C35H56O3Si. The SMILES string of the molecule is CCCCCCCCCCCCCC/C=C\OCC(O)CO[Si](c1ccccc1)(c1ccccc1)C(C)(C)C. The average Bonchev–Trinajstić information content (AvgIpc) is 2.93. The molecule has 0 saturated carbocycles. The minimum absolute atomic E-state index is 0.107. The van der Waals surface area contributed by atoms with E-state index in [1.807, 2.05) is 12.1 Å². The van der Waals surface area contributed by atoms with Gasteiger partial charge < -0.3 is 14.3 Å². The van der Waals surface area contributed by atoms with Gasteiger partial charge in [-0.25, -0.2) is 0 Å². The van der Waals surface area contributed by atoms with Crippen LogP contribution < -0.4 is 10.4 Å². The quantitative estimate of drug-likeness (QED) is 0.0958. The summed E-state index contributed by atoms with van der Waals surface area (Å²) in [5, 5.41) is 13.1. The first-order valence-corrected chi connectivity index (χ1v) is 17.5. The lowest BCUT2D eigenvalue weighted by Crippen LogP contribution is -2.67. The van der Waals surface area contributed by atoms with Gasteiger partial charge in [0.1, 0.15) is 12.7 Å². The molecule has 0 amide bonds. The number of ether oxygens (including phenoxy) is 1. The van der Waals surface area contributed by atoms with Crippen molar-refractivity contribution >= 4 is 18.7 Å². The molecule has 0 spiro atoms. The summed E-state index contributed by atoms with van der Waals surface area (Å²) in [7, 11) is -2.64. The van der Waals surface area contributed by atoms with Gasteiger partial charge in [0.25, 0.3) is 8.32 Å². The monoisotopic (exact) mass is 552 g/mol. The molecule has 1 unspecified atom stereocenters. The lowest BCUT2D eigenvalue weighted by molar-refractivity contribution is 0.0432. The zero-order chi connectivity index (χ0) is 28.2. The summed E-state index contributed by atoms with van der Waals surface area (Å²) in [5.74, 6) is 0. The zero-order valence-electron chi connectivity index (χ0n) is 25.4. The highest BCUT2D eigenvalue weighted by atomic mass is 28.4. The molecule has 2 aromatic rings. The zero-order valence-corrected chi connectivity index (χ0v) is 26.4. The molecule has 0 bridgehead atoms. The number of aliphatic hydroxyl groups excluding tert-OH is 1. The fraction of sp³-hybridized carbons (Fsp3) is 0.600. The summed E-state index contributed by atoms with van der Waals surface area (Å²) < 4.78 is 12.5. The summed E-state index contributed by atoms with van der Waals surface area (Å²) in [4.78, 5) is 0. The molecule has 0 aliphatic rings. The highest BCUT2D eigenvalue weighted by Crippen LogP contribution is 2.36. The van der Waals surface area contributed by atoms with E-state index < -0.39 is 14.4 Å². The van der Waals surface area contributed by atoms with Crippen LogP contribution in [0.2, 0.25) is 5.04 Å². The van der Waals surface area contributed by atoms with Crippen molar-refractivity contribution < 1.29 is 14.3 Å². The fourth-order valence-corrected chi connectivity index (χ4v) is 10.0. The Balaban J connectivity index is 1.68. The second-order valence-corrected chi connectivity index (χ2v) is 16.3. The Kier molecular flexibility index (Phi) is 16.4. The molecule has 0 fully saturated rings. The summed E-state index contributed by atoms with van der Waals surface area (Å²) in [6.07, 6.45) is 20.6. The molecule has 39 heavy (non-hydrogen) atoms. The van der Waals surface area contributed by atoms with Crippen LogP contribution in [0.4, 0.5) is 0 Å². The molecule has 0 radical (unpaired) electrons. The molecule has 0 aromatic heterocycles. The van der Waals surface area contributed by atoms with E-state index >= 15 is 0 Å². The van der Waals surface area contributed by atoms with E-state index in [2.05, 4.69) is 82.3 Å². The fourth-order valence-electron chi connectivity index (χ4n) is 5.44. The molecular weight excluding hydrogens is 496 g/mol. The highest BCUT2D eigenvalue weighted by molar-refractivity contribution is 6.99. The van der Waals surface area contributed by atoms with Crippen molar-refractivity contribution in [3.63, 3.8) is 0 Å². The smallest absolute Gasteiger partial charge is 0.261 e. The Labute approximate surface area is 241 Å². The van der Waals surface area contributed by atoms with Crippen LogP contribution in [0.25, 0.3) is 0 Å². The molecule has 218 valence electrons. The van der Waals surface area contributed by atoms with E-state index in [4.69, 9.17) is 9.16 Å². The van der Waals surface area contributed by atoms with Gasteiger partial charge in [-0.3, -0.25) is 0 Å². The van der Waals surface area contributed by atoms with Crippen LogP contribution in [0, 0.1) is 0 Å². The van der Waals surface area contributed by atoms with Gasteiger partial charge in [-0.1, -0.05) is 159 Å². The van der Waals surface area contributed by atoms with Gasteiger partial charge >= 0.3 is 0 Å². The second-order valence-electron chi connectivity index (χ2n) is 12.0. The molecule has 0 saturated heterocycles. The first kappa shape index (κ1) is 33.3. The largest absolute Gasteiger partial charge is 0.499 e. The van der Waals surface area contributed by atoms with E-state index in [1.165, 1.54) is 87.4 Å². The minimum Gasteiger partial charge on any atom is -0.499 e. The predicted molar refractivity (Wildman–Crippen MR) is 170 cm³/mol. The Bertz CT molecular complexity index is 836. The van der Waals surface area contributed by atoms with E-state index in [0.717, 1.165) is 6.42 Å². The maximum absolute atomic E-state index is 10.7. The maximum atomic E-state index is 10.7. The minimum atomic E-state index is -2.64. The van der Waals surface area contributed by atoms with E-state index in [9.17, 15) is 5.11 Å². The lowest BCUT2D eigenvalue weighted by atomic mass is 10.0. The summed E-state index contributed by atoms with van der Waals surface area (Å²) in [6.45, 7) is 9.52. The molecule has 1 N–H and O–H groups in total. The Hall–Kier alpha value is -1.88. The number of hydrogen-bond donors (Lipinski definition) is 1. The van der Waals surface area contributed by atoms with Gasteiger partial charge in [0.15, 0.2) is 0 Å².